The zero-order valence-corrected chi connectivity index (χ0v) is 10.4. The molecule has 0 aliphatic heterocycles. The predicted molar refractivity (Wildman–Crippen MR) is 67.0 cm³/mol. The lowest BCUT2D eigenvalue weighted by molar-refractivity contribution is 0.786. The summed E-state index contributed by atoms with van der Waals surface area (Å²) in [5, 5.41) is 0.692. The van der Waals surface area contributed by atoms with Crippen LogP contribution in [0.1, 0.15) is 33.3 Å². The summed E-state index contributed by atoms with van der Waals surface area (Å²) >= 11 is 2.05. The fraction of sp³-hybridized carbons (Fsp3) is 0.538. The maximum Gasteiger partial charge on any atom is 0.00778 e. The Morgan fingerprint density at radius 1 is 1.14 bits per heavy atom. The highest BCUT2D eigenvalue weighted by Crippen LogP contribution is 2.29. The Bertz CT molecular complexity index is 258. The fourth-order valence-corrected chi connectivity index (χ4v) is 3.07. The van der Waals surface area contributed by atoms with Crippen LogP contribution in [0.15, 0.2) is 30.3 Å². The molecular formula is C13H20S. The van der Waals surface area contributed by atoms with E-state index in [0.717, 1.165) is 0 Å². The van der Waals surface area contributed by atoms with E-state index in [1.165, 1.54) is 12.0 Å². The smallest absolute Gasteiger partial charge is 0.00778 e. The number of hydrogen-bond donors (Lipinski definition) is 0. The first-order valence-corrected chi connectivity index (χ1v) is 6.07. The molecule has 14 heavy (non-hydrogen) atoms. The van der Waals surface area contributed by atoms with E-state index < -0.39 is 0 Å². The molecule has 0 N–H and O–H groups in total. The second kappa shape index (κ2) is 4.88. The molecular weight excluding hydrogens is 188 g/mol. The van der Waals surface area contributed by atoms with Crippen molar-refractivity contribution in [2.45, 2.75) is 44.1 Å². The fourth-order valence-electron chi connectivity index (χ4n) is 1.59. The van der Waals surface area contributed by atoms with Crippen molar-refractivity contribution in [1.82, 2.24) is 0 Å². The molecule has 0 saturated carbocycles. The molecule has 0 fully saturated rings. The average Bonchev–Trinajstić information content (AvgIpc) is 2.02. The van der Waals surface area contributed by atoms with Crippen molar-refractivity contribution >= 4 is 11.8 Å². The van der Waals surface area contributed by atoms with Gasteiger partial charge in [0.2, 0.25) is 0 Å². The van der Waals surface area contributed by atoms with Gasteiger partial charge in [-0.25, -0.2) is 0 Å². The quantitative estimate of drug-likeness (QED) is 0.719. The number of rotatable bonds is 3. The minimum Gasteiger partial charge on any atom is -0.153 e. The summed E-state index contributed by atoms with van der Waals surface area (Å²) in [5.74, 6) is 0. The molecule has 0 aliphatic carbocycles. The molecule has 1 aromatic rings. The van der Waals surface area contributed by atoms with Gasteiger partial charge in [-0.2, -0.15) is 11.8 Å². The first-order valence-electron chi connectivity index (χ1n) is 5.19. The molecule has 0 heterocycles. The largest absolute Gasteiger partial charge is 0.153 e. The van der Waals surface area contributed by atoms with E-state index in [2.05, 4.69) is 69.8 Å². The third-order valence-corrected chi connectivity index (χ3v) is 3.20. The Hall–Kier alpha value is -0.430. The summed E-state index contributed by atoms with van der Waals surface area (Å²) in [6.07, 6.45) is 1.17. The molecule has 78 valence electrons. The summed E-state index contributed by atoms with van der Waals surface area (Å²) < 4.78 is 0.369. The molecule has 0 amide bonds. The van der Waals surface area contributed by atoms with E-state index >= 15 is 0 Å². The van der Waals surface area contributed by atoms with Crippen molar-refractivity contribution in [3.8, 4) is 0 Å². The number of thioether (sulfide) groups is 1. The number of hydrogen-bond acceptors (Lipinski definition) is 1. The summed E-state index contributed by atoms with van der Waals surface area (Å²) in [7, 11) is 0. The van der Waals surface area contributed by atoms with Crippen LogP contribution in [0, 0.1) is 0 Å². The average molecular weight is 208 g/mol. The summed E-state index contributed by atoms with van der Waals surface area (Å²) in [4.78, 5) is 0. The minimum atomic E-state index is 0.369. The third kappa shape index (κ3) is 4.71. The van der Waals surface area contributed by atoms with Crippen LogP contribution in [0.25, 0.3) is 0 Å². The standard InChI is InChI=1S/C13H20S/c1-11(14-13(2,3)4)10-12-8-6-5-7-9-12/h5-9,11H,10H2,1-4H3/t11-/m0/s1. The topological polar surface area (TPSA) is 0 Å². The van der Waals surface area contributed by atoms with Crippen LogP contribution >= 0.6 is 11.8 Å². The van der Waals surface area contributed by atoms with E-state index in [-0.39, 0.29) is 0 Å². The highest BCUT2D eigenvalue weighted by molar-refractivity contribution is 8.01. The van der Waals surface area contributed by atoms with Crippen molar-refractivity contribution in [2.24, 2.45) is 0 Å². The highest BCUT2D eigenvalue weighted by Gasteiger charge is 2.15. The van der Waals surface area contributed by atoms with Gasteiger partial charge in [0.15, 0.2) is 0 Å². The van der Waals surface area contributed by atoms with Gasteiger partial charge in [0.05, 0.1) is 0 Å². The zero-order valence-electron chi connectivity index (χ0n) is 9.58. The lowest BCUT2D eigenvalue weighted by Gasteiger charge is -2.22. The molecule has 0 saturated heterocycles. The van der Waals surface area contributed by atoms with E-state index in [0.29, 0.717) is 10.00 Å². The van der Waals surface area contributed by atoms with E-state index in [4.69, 9.17) is 0 Å². The van der Waals surface area contributed by atoms with E-state index in [9.17, 15) is 0 Å². The van der Waals surface area contributed by atoms with Crippen molar-refractivity contribution < 1.29 is 0 Å². The van der Waals surface area contributed by atoms with Crippen molar-refractivity contribution in [1.29, 1.82) is 0 Å². The van der Waals surface area contributed by atoms with Crippen LogP contribution in [0.3, 0.4) is 0 Å². The summed E-state index contributed by atoms with van der Waals surface area (Å²) in [5.41, 5.74) is 1.44. The minimum absolute atomic E-state index is 0.369. The van der Waals surface area contributed by atoms with Crippen LogP contribution in [-0.2, 0) is 6.42 Å². The van der Waals surface area contributed by atoms with Gasteiger partial charge in [-0.15, -0.1) is 0 Å². The van der Waals surface area contributed by atoms with Crippen LogP contribution in [0.2, 0.25) is 0 Å². The Kier molecular flexibility index (Phi) is 4.06. The van der Waals surface area contributed by atoms with Gasteiger partial charge >= 0.3 is 0 Å². The Balaban J connectivity index is 2.46. The van der Waals surface area contributed by atoms with E-state index in [1.807, 2.05) is 0 Å². The Morgan fingerprint density at radius 2 is 1.71 bits per heavy atom. The molecule has 1 atom stereocenters. The van der Waals surface area contributed by atoms with Crippen LogP contribution in [0.4, 0.5) is 0 Å². The van der Waals surface area contributed by atoms with Gasteiger partial charge in [-0.1, -0.05) is 58.0 Å². The van der Waals surface area contributed by atoms with Crippen LogP contribution < -0.4 is 0 Å². The van der Waals surface area contributed by atoms with Gasteiger partial charge in [-0.3, -0.25) is 0 Å². The number of benzene rings is 1. The first-order chi connectivity index (χ1) is 6.47. The first kappa shape index (κ1) is 11.6. The molecule has 1 aromatic carbocycles. The van der Waals surface area contributed by atoms with E-state index in [1.54, 1.807) is 0 Å². The second-order valence-electron chi connectivity index (χ2n) is 4.73. The lowest BCUT2D eigenvalue weighted by Crippen LogP contribution is -2.15. The van der Waals surface area contributed by atoms with Gasteiger partial charge in [0.25, 0.3) is 0 Å². The highest BCUT2D eigenvalue weighted by atomic mass is 32.2. The molecule has 0 aromatic heterocycles. The molecule has 0 radical (unpaired) electrons. The maximum atomic E-state index is 2.31. The molecule has 0 unspecified atom stereocenters. The van der Waals surface area contributed by atoms with Crippen LogP contribution in [-0.4, -0.2) is 10.00 Å². The van der Waals surface area contributed by atoms with Crippen molar-refractivity contribution in [3.05, 3.63) is 35.9 Å². The summed E-state index contributed by atoms with van der Waals surface area (Å²) in [6.45, 7) is 9.14. The van der Waals surface area contributed by atoms with Gasteiger partial charge in [0.1, 0.15) is 0 Å². The van der Waals surface area contributed by atoms with Crippen LogP contribution in [0.5, 0.6) is 0 Å². The zero-order chi connectivity index (χ0) is 10.6. The predicted octanol–water partition coefficient (Wildman–Crippen LogP) is 4.15. The maximum absolute atomic E-state index is 2.31. The normalized spacial score (nSPS) is 14.0. The van der Waals surface area contributed by atoms with Crippen molar-refractivity contribution in [3.63, 3.8) is 0 Å². The third-order valence-electron chi connectivity index (χ3n) is 1.92. The van der Waals surface area contributed by atoms with Gasteiger partial charge in [0, 0.05) is 10.00 Å². The molecule has 0 nitrogen and oxygen atoms in total. The second-order valence-corrected chi connectivity index (χ2v) is 7.00. The molecule has 0 spiro atoms. The lowest BCUT2D eigenvalue weighted by atomic mass is 10.1. The summed E-state index contributed by atoms with van der Waals surface area (Å²) in [6, 6.07) is 10.7. The molecule has 1 heteroatoms. The molecule has 0 aliphatic rings. The molecule has 1 rings (SSSR count). The Labute approximate surface area is 92.1 Å². The van der Waals surface area contributed by atoms with Gasteiger partial charge in [-0.05, 0) is 12.0 Å². The monoisotopic (exact) mass is 208 g/mol. The van der Waals surface area contributed by atoms with Gasteiger partial charge < -0.3 is 0 Å². The molecule has 0 bridgehead atoms. The van der Waals surface area contributed by atoms with Crippen molar-refractivity contribution in [2.75, 3.05) is 0 Å². The Morgan fingerprint density at radius 3 is 2.21 bits per heavy atom. The SMILES string of the molecule is C[C@@H](Cc1ccccc1)SC(C)(C)C.